The molecule has 1 spiro atoms. The van der Waals surface area contributed by atoms with E-state index in [0.29, 0.717) is 5.75 Å². The van der Waals surface area contributed by atoms with Gasteiger partial charge in [-0.15, -0.1) is 0 Å². The number of hydrogen-bond acceptors (Lipinski definition) is 5. The molecule has 6 rings (SSSR count). The molecule has 5 nitrogen and oxygen atoms in total. The molecule has 0 radical (unpaired) electrons. The van der Waals surface area contributed by atoms with Crippen molar-refractivity contribution in [1.29, 1.82) is 0 Å². The fourth-order valence-electron chi connectivity index (χ4n) is 6.73. The predicted octanol–water partition coefficient (Wildman–Crippen LogP) is 1.54. The number of benzene rings is 1. The maximum absolute atomic E-state index is 12.3. The number of hydrogen-bond donors (Lipinski definition) is 3. The lowest BCUT2D eigenvalue weighted by atomic mass is 9.48. The van der Waals surface area contributed by atoms with Crippen molar-refractivity contribution < 1.29 is 14.9 Å². The summed E-state index contributed by atoms with van der Waals surface area (Å²) in [5.41, 5.74) is 1.26. The maximum atomic E-state index is 12.3. The molecule has 0 aromatic heterocycles. The van der Waals surface area contributed by atoms with Crippen molar-refractivity contribution in [1.82, 2.24) is 10.2 Å². The van der Waals surface area contributed by atoms with Gasteiger partial charge < -0.3 is 20.3 Å². The molecule has 1 saturated heterocycles. The van der Waals surface area contributed by atoms with Gasteiger partial charge in [-0.3, -0.25) is 4.90 Å². The van der Waals surface area contributed by atoms with Crippen molar-refractivity contribution in [3.8, 4) is 11.5 Å². The van der Waals surface area contributed by atoms with Gasteiger partial charge in [-0.05, 0) is 63.2 Å². The minimum Gasteiger partial charge on any atom is -0.504 e. The Labute approximate surface area is 154 Å². The Bertz CT molecular complexity index is 779. The molecule has 2 aliphatic heterocycles. The number of phenolic OH excluding ortho intramolecular Hbond substituents is 1. The highest BCUT2D eigenvalue weighted by molar-refractivity contribution is 5.62. The van der Waals surface area contributed by atoms with Gasteiger partial charge in [-0.1, -0.05) is 6.07 Å². The van der Waals surface area contributed by atoms with Crippen LogP contribution >= 0.6 is 0 Å². The minimum absolute atomic E-state index is 0.0494. The van der Waals surface area contributed by atoms with E-state index in [4.69, 9.17) is 4.74 Å². The van der Waals surface area contributed by atoms with Crippen LogP contribution in [0.2, 0.25) is 0 Å². The monoisotopic (exact) mass is 356 g/mol. The van der Waals surface area contributed by atoms with Gasteiger partial charge in [0.05, 0.1) is 11.0 Å². The van der Waals surface area contributed by atoms with Crippen molar-refractivity contribution in [2.45, 2.75) is 67.7 Å². The third-order valence-electron chi connectivity index (χ3n) is 8.10. The number of nitrogens with zero attached hydrogens (tertiary/aromatic N) is 1. The Kier molecular flexibility index (Phi) is 2.99. The quantitative estimate of drug-likeness (QED) is 0.767. The van der Waals surface area contributed by atoms with Crippen molar-refractivity contribution in [3.63, 3.8) is 0 Å². The van der Waals surface area contributed by atoms with E-state index in [1.165, 1.54) is 18.4 Å². The van der Waals surface area contributed by atoms with Crippen molar-refractivity contribution in [2.75, 3.05) is 20.1 Å². The van der Waals surface area contributed by atoms with Crippen LogP contribution in [0, 0.1) is 5.92 Å². The molecule has 2 heterocycles. The lowest BCUT2D eigenvalue weighted by molar-refractivity contribution is -0.190. The van der Waals surface area contributed by atoms with E-state index in [9.17, 15) is 10.2 Å². The Morgan fingerprint density at radius 3 is 2.96 bits per heavy atom. The number of aromatic hydroxyl groups is 1. The molecule has 5 atom stereocenters. The fourth-order valence-corrected chi connectivity index (χ4v) is 6.73. The van der Waals surface area contributed by atoms with Crippen LogP contribution in [0.4, 0.5) is 0 Å². The number of nitrogens with one attached hydrogen (secondary N) is 1. The number of aliphatic hydroxyl groups is 1. The van der Waals surface area contributed by atoms with Gasteiger partial charge in [0.1, 0.15) is 6.10 Å². The molecule has 3 aliphatic carbocycles. The van der Waals surface area contributed by atoms with Crippen LogP contribution in [-0.4, -0.2) is 59.0 Å². The van der Waals surface area contributed by atoms with Crippen LogP contribution < -0.4 is 10.1 Å². The molecule has 1 aromatic rings. The van der Waals surface area contributed by atoms with Crippen molar-refractivity contribution in [2.24, 2.45) is 5.92 Å². The summed E-state index contributed by atoms with van der Waals surface area (Å²) < 4.78 is 6.37. The predicted molar refractivity (Wildman–Crippen MR) is 97.6 cm³/mol. The summed E-state index contributed by atoms with van der Waals surface area (Å²) >= 11 is 0. The molecule has 2 saturated carbocycles. The number of piperidine rings is 1. The van der Waals surface area contributed by atoms with E-state index in [1.807, 2.05) is 7.05 Å². The van der Waals surface area contributed by atoms with Gasteiger partial charge in [0.15, 0.2) is 11.5 Å². The van der Waals surface area contributed by atoms with Crippen LogP contribution in [0.3, 0.4) is 0 Å². The molecule has 2 bridgehead atoms. The van der Waals surface area contributed by atoms with Gasteiger partial charge in [-0.25, -0.2) is 0 Å². The fraction of sp³-hybridized carbons (Fsp3) is 0.714. The summed E-state index contributed by atoms with van der Waals surface area (Å²) in [6.45, 7) is 2.15. The van der Waals surface area contributed by atoms with Crippen LogP contribution in [-0.2, 0) is 11.8 Å². The Balaban J connectivity index is 1.54. The van der Waals surface area contributed by atoms with Gasteiger partial charge >= 0.3 is 0 Å². The van der Waals surface area contributed by atoms with Crippen molar-refractivity contribution in [3.05, 3.63) is 23.3 Å². The molecule has 140 valence electrons. The Hall–Kier alpha value is -1.30. The Morgan fingerprint density at radius 1 is 1.35 bits per heavy atom. The van der Waals surface area contributed by atoms with E-state index >= 15 is 0 Å². The Morgan fingerprint density at radius 2 is 2.19 bits per heavy atom. The first-order valence-corrected chi connectivity index (χ1v) is 10.2. The zero-order chi connectivity index (χ0) is 17.7. The van der Waals surface area contributed by atoms with E-state index < -0.39 is 5.60 Å². The summed E-state index contributed by atoms with van der Waals surface area (Å²) in [7, 11) is 1.98. The van der Waals surface area contributed by atoms with Crippen LogP contribution in [0.15, 0.2) is 12.1 Å². The van der Waals surface area contributed by atoms with Crippen LogP contribution in [0.25, 0.3) is 0 Å². The molecule has 3 N–H and O–H groups in total. The molecule has 0 amide bonds. The van der Waals surface area contributed by atoms with Gasteiger partial charge in [0.25, 0.3) is 0 Å². The highest BCUT2D eigenvalue weighted by Gasteiger charge is 2.72. The summed E-state index contributed by atoms with van der Waals surface area (Å²) in [5.74, 6) is 1.70. The molecule has 5 aliphatic rings. The summed E-state index contributed by atoms with van der Waals surface area (Å²) in [6, 6.07) is 4.25. The van der Waals surface area contributed by atoms with Gasteiger partial charge in [-0.2, -0.15) is 0 Å². The lowest BCUT2D eigenvalue weighted by Gasteiger charge is -2.64. The number of ether oxygens (including phenoxy) is 1. The number of phenols is 1. The van der Waals surface area contributed by atoms with Crippen molar-refractivity contribution >= 4 is 0 Å². The lowest BCUT2D eigenvalue weighted by Crippen LogP contribution is -2.77. The largest absolute Gasteiger partial charge is 0.504 e. The third kappa shape index (κ3) is 1.73. The minimum atomic E-state index is -0.789. The highest BCUT2D eigenvalue weighted by Crippen LogP contribution is 2.65. The number of likely N-dealkylation sites (tertiary alicyclic amines) is 1. The molecule has 0 unspecified atom stereocenters. The van der Waals surface area contributed by atoms with E-state index in [0.717, 1.165) is 50.3 Å². The molecular weight excluding hydrogens is 328 g/mol. The summed E-state index contributed by atoms with van der Waals surface area (Å²) in [5, 5.41) is 26.1. The van der Waals surface area contributed by atoms with E-state index in [-0.39, 0.29) is 29.4 Å². The van der Waals surface area contributed by atoms with Crippen LogP contribution in [0.5, 0.6) is 11.5 Å². The van der Waals surface area contributed by atoms with Gasteiger partial charge in [0, 0.05) is 30.6 Å². The third-order valence-corrected chi connectivity index (χ3v) is 8.10. The van der Waals surface area contributed by atoms with E-state index in [2.05, 4.69) is 16.3 Å². The van der Waals surface area contributed by atoms with Crippen LogP contribution in [0.1, 0.15) is 43.2 Å². The first-order valence-electron chi connectivity index (χ1n) is 10.2. The molecule has 26 heavy (non-hydrogen) atoms. The zero-order valence-electron chi connectivity index (χ0n) is 15.4. The molecule has 1 aromatic carbocycles. The molecule has 5 heteroatoms. The second kappa shape index (κ2) is 4.94. The number of rotatable bonds is 3. The van der Waals surface area contributed by atoms with E-state index in [1.54, 1.807) is 6.07 Å². The first kappa shape index (κ1) is 15.7. The average Bonchev–Trinajstić information content (AvgIpc) is 3.36. The van der Waals surface area contributed by atoms with Gasteiger partial charge in [0.2, 0.25) is 0 Å². The molecular formula is C21H28N2O3. The SMILES string of the molecule is CN[C@H]1C[C@@H]2Oc3c(O)ccc4c3[C@@]23CCN(CC2CC2)[C@H](C4)[C@]3(O)C1. The first-order chi connectivity index (χ1) is 12.6. The maximum Gasteiger partial charge on any atom is 0.165 e. The molecule has 3 fully saturated rings. The second-order valence-corrected chi connectivity index (χ2v) is 9.28. The topological polar surface area (TPSA) is 65.0 Å². The zero-order valence-corrected chi connectivity index (χ0v) is 15.4. The normalized spacial score (nSPS) is 43.1. The smallest absolute Gasteiger partial charge is 0.165 e. The standard InChI is InChI=1S/C21H28N2O3/c1-22-14-9-17-20-6-7-23(11-12-2-3-12)16(21(20,25)10-14)8-13-4-5-15(24)19(26-17)18(13)20/h4-5,12,14,16-17,22,24-25H,2-3,6-11H2,1H3/t14-,16+,17-,20+,21+/m0/s1. The average molecular weight is 356 g/mol. The summed E-state index contributed by atoms with van der Waals surface area (Å²) in [4.78, 5) is 2.58. The summed E-state index contributed by atoms with van der Waals surface area (Å²) in [6.07, 6.45) is 6.08. The second-order valence-electron chi connectivity index (χ2n) is 9.28. The highest BCUT2D eigenvalue weighted by atomic mass is 16.5.